The topological polar surface area (TPSA) is 97.1 Å². The summed E-state index contributed by atoms with van der Waals surface area (Å²) in [6, 6.07) is 4.06. The molecule has 0 radical (unpaired) electrons. The highest BCUT2D eigenvalue weighted by Gasteiger charge is 2.22. The van der Waals surface area contributed by atoms with E-state index in [0.29, 0.717) is 17.5 Å². The van der Waals surface area contributed by atoms with Crippen LogP contribution in [0.2, 0.25) is 0 Å². The van der Waals surface area contributed by atoms with E-state index in [9.17, 15) is 9.59 Å². The van der Waals surface area contributed by atoms with Crippen LogP contribution in [0.3, 0.4) is 0 Å². The molecule has 0 aliphatic carbocycles. The molecule has 0 saturated carbocycles. The molecule has 0 aliphatic heterocycles. The van der Waals surface area contributed by atoms with Gasteiger partial charge in [-0.25, -0.2) is 9.48 Å². The molecular weight excluding hydrogens is 272 g/mol. The van der Waals surface area contributed by atoms with Crippen LogP contribution in [0, 0.1) is 5.92 Å². The van der Waals surface area contributed by atoms with E-state index in [2.05, 4.69) is 15.6 Å². The molecule has 0 unspecified atom stereocenters. The van der Waals surface area contributed by atoms with Crippen LogP contribution in [0.25, 0.3) is 11.0 Å². The summed E-state index contributed by atoms with van der Waals surface area (Å²) >= 11 is 0. The van der Waals surface area contributed by atoms with E-state index in [-0.39, 0.29) is 5.92 Å². The smallest absolute Gasteiger partial charge is 0.326 e. The first kappa shape index (κ1) is 15.0. The van der Waals surface area contributed by atoms with Gasteiger partial charge in [-0.1, -0.05) is 19.1 Å². The number of benzene rings is 1. The average Bonchev–Trinajstić information content (AvgIpc) is 2.78. The Morgan fingerprint density at radius 1 is 1.38 bits per heavy atom. The Labute approximate surface area is 121 Å². The number of hydrogen-bond donors (Lipinski definition) is 2. The lowest BCUT2D eigenvalue weighted by Crippen LogP contribution is -2.41. The van der Waals surface area contributed by atoms with Crippen molar-refractivity contribution in [2.45, 2.75) is 26.3 Å². The van der Waals surface area contributed by atoms with Gasteiger partial charge in [-0.3, -0.25) is 4.79 Å². The van der Waals surface area contributed by atoms with Gasteiger partial charge in [0.25, 0.3) is 5.91 Å². The standard InChI is InChI=1S/C14H18N4O3/c1-8(2)6-11(14(20)21)15-13(19)9-4-5-10-12(7-9)18(3)17-16-10/h4-5,7-8,11H,6H2,1-3H3,(H,15,19)(H,20,21)/t11-/m0/s1. The lowest BCUT2D eigenvalue weighted by atomic mass is 10.0. The molecule has 2 rings (SSSR count). The Morgan fingerprint density at radius 3 is 2.71 bits per heavy atom. The van der Waals surface area contributed by atoms with Crippen LogP contribution in [0.5, 0.6) is 0 Å². The van der Waals surface area contributed by atoms with Crippen molar-refractivity contribution >= 4 is 22.9 Å². The fraction of sp³-hybridized carbons (Fsp3) is 0.429. The Morgan fingerprint density at radius 2 is 2.10 bits per heavy atom. The highest BCUT2D eigenvalue weighted by atomic mass is 16.4. The summed E-state index contributed by atoms with van der Waals surface area (Å²) in [6.07, 6.45) is 0.385. The van der Waals surface area contributed by atoms with Crippen LogP contribution in [0.15, 0.2) is 18.2 Å². The number of rotatable bonds is 5. The van der Waals surface area contributed by atoms with Crippen molar-refractivity contribution in [3.8, 4) is 0 Å². The number of aliphatic carboxylic acids is 1. The number of aromatic nitrogens is 3. The lowest BCUT2D eigenvalue weighted by molar-refractivity contribution is -0.139. The van der Waals surface area contributed by atoms with Gasteiger partial charge in [0.15, 0.2) is 0 Å². The number of carboxylic acid groups (broad SMARTS) is 1. The molecule has 1 atom stereocenters. The first-order chi connectivity index (χ1) is 9.88. The molecule has 0 saturated heterocycles. The first-order valence-electron chi connectivity index (χ1n) is 6.71. The van der Waals surface area contributed by atoms with Crippen LogP contribution in [0.1, 0.15) is 30.6 Å². The second-order valence-corrected chi connectivity index (χ2v) is 5.41. The molecule has 1 aromatic heterocycles. The number of amides is 1. The van der Waals surface area contributed by atoms with Crippen LogP contribution >= 0.6 is 0 Å². The molecule has 21 heavy (non-hydrogen) atoms. The van der Waals surface area contributed by atoms with Crippen molar-refractivity contribution < 1.29 is 14.7 Å². The van der Waals surface area contributed by atoms with Crippen LogP contribution in [-0.4, -0.2) is 38.0 Å². The predicted molar refractivity (Wildman–Crippen MR) is 76.9 cm³/mol. The maximum atomic E-state index is 12.2. The summed E-state index contributed by atoms with van der Waals surface area (Å²) < 4.78 is 1.56. The van der Waals surface area contributed by atoms with Gasteiger partial charge in [0.2, 0.25) is 0 Å². The van der Waals surface area contributed by atoms with E-state index < -0.39 is 17.9 Å². The molecule has 0 aliphatic rings. The zero-order chi connectivity index (χ0) is 15.6. The van der Waals surface area contributed by atoms with Crippen molar-refractivity contribution in [3.63, 3.8) is 0 Å². The van der Waals surface area contributed by atoms with Gasteiger partial charge in [-0.2, -0.15) is 0 Å². The summed E-state index contributed by atoms with van der Waals surface area (Å²) in [4.78, 5) is 23.4. The van der Waals surface area contributed by atoms with Crippen molar-refractivity contribution in [2.75, 3.05) is 0 Å². The fourth-order valence-corrected chi connectivity index (χ4v) is 2.11. The Balaban J connectivity index is 2.20. The minimum absolute atomic E-state index is 0.176. The number of carbonyl (C=O) groups is 2. The molecule has 0 bridgehead atoms. The Hall–Kier alpha value is -2.44. The van der Waals surface area contributed by atoms with Crippen molar-refractivity contribution in [3.05, 3.63) is 23.8 Å². The van der Waals surface area contributed by atoms with E-state index in [1.807, 2.05) is 13.8 Å². The highest BCUT2D eigenvalue weighted by molar-refractivity contribution is 5.99. The van der Waals surface area contributed by atoms with Gasteiger partial charge in [0, 0.05) is 12.6 Å². The zero-order valence-electron chi connectivity index (χ0n) is 12.2. The van der Waals surface area contributed by atoms with Crippen molar-refractivity contribution in [1.29, 1.82) is 0 Å². The fourth-order valence-electron chi connectivity index (χ4n) is 2.11. The summed E-state index contributed by atoms with van der Waals surface area (Å²) in [5.41, 5.74) is 1.80. The van der Waals surface area contributed by atoms with Gasteiger partial charge in [0.05, 0.1) is 5.52 Å². The van der Waals surface area contributed by atoms with Crippen LogP contribution in [-0.2, 0) is 11.8 Å². The van der Waals surface area contributed by atoms with Gasteiger partial charge in [-0.05, 0) is 30.5 Å². The van der Waals surface area contributed by atoms with Crippen molar-refractivity contribution in [2.24, 2.45) is 13.0 Å². The number of fused-ring (bicyclic) bond motifs is 1. The monoisotopic (exact) mass is 290 g/mol. The highest BCUT2D eigenvalue weighted by Crippen LogP contribution is 2.13. The summed E-state index contributed by atoms with van der Waals surface area (Å²) in [6.45, 7) is 3.82. The third kappa shape index (κ3) is 3.36. The Kier molecular flexibility index (Phi) is 4.21. The number of aryl methyl sites for hydroxylation is 1. The first-order valence-corrected chi connectivity index (χ1v) is 6.71. The number of carboxylic acids is 1. The average molecular weight is 290 g/mol. The van der Waals surface area contributed by atoms with Crippen LogP contribution < -0.4 is 5.32 Å². The van der Waals surface area contributed by atoms with Gasteiger partial charge >= 0.3 is 5.97 Å². The molecular formula is C14H18N4O3. The molecule has 1 heterocycles. The number of nitrogens with zero attached hydrogens (tertiary/aromatic N) is 3. The quantitative estimate of drug-likeness (QED) is 0.862. The zero-order valence-corrected chi connectivity index (χ0v) is 12.2. The maximum absolute atomic E-state index is 12.2. The second kappa shape index (κ2) is 5.90. The molecule has 1 aromatic carbocycles. The molecule has 112 valence electrons. The van der Waals surface area contributed by atoms with Gasteiger partial charge in [0.1, 0.15) is 11.6 Å². The van der Waals surface area contributed by atoms with Gasteiger partial charge in [-0.15, -0.1) is 5.10 Å². The molecule has 1 amide bonds. The maximum Gasteiger partial charge on any atom is 0.326 e. The van der Waals surface area contributed by atoms with E-state index in [0.717, 1.165) is 5.52 Å². The third-order valence-electron chi connectivity index (χ3n) is 3.18. The molecule has 0 spiro atoms. The van der Waals surface area contributed by atoms with E-state index in [1.165, 1.54) is 0 Å². The normalized spacial score (nSPS) is 12.6. The van der Waals surface area contributed by atoms with E-state index in [4.69, 9.17) is 5.11 Å². The molecule has 2 aromatic rings. The largest absolute Gasteiger partial charge is 0.480 e. The molecule has 7 heteroatoms. The number of carbonyl (C=O) groups excluding carboxylic acids is 1. The summed E-state index contributed by atoms with van der Waals surface area (Å²) in [5.74, 6) is -1.26. The second-order valence-electron chi connectivity index (χ2n) is 5.41. The summed E-state index contributed by atoms with van der Waals surface area (Å²) in [5, 5.41) is 19.5. The van der Waals surface area contributed by atoms with Gasteiger partial charge < -0.3 is 10.4 Å². The molecule has 7 nitrogen and oxygen atoms in total. The van der Waals surface area contributed by atoms with Crippen molar-refractivity contribution in [1.82, 2.24) is 20.3 Å². The summed E-state index contributed by atoms with van der Waals surface area (Å²) in [7, 11) is 1.73. The molecule has 0 fully saturated rings. The van der Waals surface area contributed by atoms with Crippen LogP contribution in [0.4, 0.5) is 0 Å². The lowest BCUT2D eigenvalue weighted by Gasteiger charge is -2.16. The number of nitrogens with one attached hydrogen (secondary N) is 1. The Bertz CT molecular complexity index is 678. The third-order valence-corrected chi connectivity index (χ3v) is 3.18. The minimum Gasteiger partial charge on any atom is -0.480 e. The SMILES string of the molecule is CC(C)C[C@H](NC(=O)c1ccc2nnn(C)c2c1)C(=O)O. The molecule has 2 N–H and O–H groups in total. The van der Waals surface area contributed by atoms with E-state index >= 15 is 0 Å². The van der Waals surface area contributed by atoms with E-state index in [1.54, 1.807) is 29.9 Å². The minimum atomic E-state index is -1.03. The number of hydrogen-bond acceptors (Lipinski definition) is 4. The predicted octanol–water partition coefficient (Wildman–Crippen LogP) is 1.20.